The van der Waals surface area contributed by atoms with Crippen LogP contribution in [0.2, 0.25) is 0 Å². The first-order chi connectivity index (χ1) is 24.8. The highest BCUT2D eigenvalue weighted by atomic mass is 15.2. The Bertz CT molecular complexity index is 2800. The van der Waals surface area contributed by atoms with Crippen LogP contribution in [0.1, 0.15) is 0 Å². The van der Waals surface area contributed by atoms with E-state index in [1.807, 2.05) is 72.9 Å². The second kappa shape index (κ2) is 11.4. The Morgan fingerprint density at radius 1 is 0.400 bits per heavy atom. The lowest BCUT2D eigenvalue weighted by atomic mass is 9.98. The summed E-state index contributed by atoms with van der Waals surface area (Å²) in [5.41, 5.74) is 10.5. The minimum Gasteiger partial charge on any atom is -0.308 e. The summed E-state index contributed by atoms with van der Waals surface area (Å²) in [4.78, 5) is 20.0. The molecule has 50 heavy (non-hydrogen) atoms. The van der Waals surface area contributed by atoms with E-state index in [2.05, 4.69) is 106 Å². The van der Waals surface area contributed by atoms with Gasteiger partial charge in [-0.3, -0.25) is 9.55 Å². The molecule has 0 fully saturated rings. The SMILES string of the molecule is c1ccc(-c2nc(-c3ccccc3)nc(-n3c4ccccc4c4c(-c5ccc6c7ncccc7n(-c7ccccc7)c6c5)cccc43)n2)cc1. The normalized spacial score (nSPS) is 11.6. The summed E-state index contributed by atoms with van der Waals surface area (Å²) in [7, 11) is 0. The van der Waals surface area contributed by atoms with Crippen LogP contribution < -0.4 is 0 Å². The number of hydrogen-bond acceptors (Lipinski definition) is 4. The zero-order valence-corrected chi connectivity index (χ0v) is 26.8. The van der Waals surface area contributed by atoms with Crippen molar-refractivity contribution in [3.63, 3.8) is 0 Å². The van der Waals surface area contributed by atoms with Crippen LogP contribution in [0.3, 0.4) is 0 Å². The number of pyridine rings is 1. The van der Waals surface area contributed by atoms with Crippen molar-refractivity contribution in [2.75, 3.05) is 0 Å². The number of para-hydroxylation sites is 2. The van der Waals surface area contributed by atoms with E-state index < -0.39 is 0 Å². The molecule has 0 saturated heterocycles. The van der Waals surface area contributed by atoms with Crippen molar-refractivity contribution in [3.05, 3.63) is 170 Å². The van der Waals surface area contributed by atoms with Crippen molar-refractivity contribution in [1.29, 1.82) is 0 Å². The summed E-state index contributed by atoms with van der Waals surface area (Å²) < 4.78 is 4.49. The fourth-order valence-corrected chi connectivity index (χ4v) is 7.23. The van der Waals surface area contributed by atoms with Crippen molar-refractivity contribution in [3.8, 4) is 45.5 Å². The van der Waals surface area contributed by atoms with Gasteiger partial charge in [0.05, 0.1) is 27.6 Å². The van der Waals surface area contributed by atoms with Crippen molar-refractivity contribution in [1.82, 2.24) is 29.1 Å². The Balaban J connectivity index is 1.24. The van der Waals surface area contributed by atoms with Gasteiger partial charge in [-0.15, -0.1) is 0 Å². The first-order valence-electron chi connectivity index (χ1n) is 16.7. The third kappa shape index (κ3) is 4.43. The molecule has 6 heteroatoms. The molecule has 4 aromatic heterocycles. The van der Waals surface area contributed by atoms with Crippen molar-refractivity contribution >= 4 is 43.7 Å². The molecule has 234 valence electrons. The number of hydrogen-bond donors (Lipinski definition) is 0. The maximum Gasteiger partial charge on any atom is 0.238 e. The number of rotatable bonds is 5. The van der Waals surface area contributed by atoms with Gasteiger partial charge in [-0.2, -0.15) is 9.97 Å². The number of aromatic nitrogens is 6. The largest absolute Gasteiger partial charge is 0.308 e. The maximum absolute atomic E-state index is 5.12. The minimum atomic E-state index is 0.576. The Morgan fingerprint density at radius 2 is 1.04 bits per heavy atom. The highest BCUT2D eigenvalue weighted by Crippen LogP contribution is 2.40. The average molecular weight is 641 g/mol. The van der Waals surface area contributed by atoms with E-state index in [0.717, 1.165) is 71.7 Å². The van der Waals surface area contributed by atoms with E-state index in [-0.39, 0.29) is 0 Å². The molecule has 0 N–H and O–H groups in total. The van der Waals surface area contributed by atoms with Crippen LogP contribution in [0.4, 0.5) is 0 Å². The van der Waals surface area contributed by atoms with Gasteiger partial charge in [0.1, 0.15) is 0 Å². The Kier molecular flexibility index (Phi) is 6.39. The smallest absolute Gasteiger partial charge is 0.238 e. The van der Waals surface area contributed by atoms with Crippen LogP contribution in [-0.4, -0.2) is 29.1 Å². The molecule has 4 heterocycles. The predicted octanol–water partition coefficient (Wildman–Crippen LogP) is 10.5. The summed E-state index contributed by atoms with van der Waals surface area (Å²) in [5.74, 6) is 1.83. The molecule has 0 radical (unpaired) electrons. The van der Waals surface area contributed by atoms with E-state index in [0.29, 0.717) is 17.6 Å². The van der Waals surface area contributed by atoms with Gasteiger partial charge in [-0.25, -0.2) is 4.98 Å². The van der Waals surface area contributed by atoms with Crippen LogP contribution >= 0.6 is 0 Å². The highest BCUT2D eigenvalue weighted by Gasteiger charge is 2.21. The van der Waals surface area contributed by atoms with Crippen molar-refractivity contribution < 1.29 is 0 Å². The molecule has 0 saturated carbocycles. The zero-order chi connectivity index (χ0) is 33.0. The first kappa shape index (κ1) is 28.1. The van der Waals surface area contributed by atoms with Crippen LogP contribution in [0.15, 0.2) is 170 Å². The van der Waals surface area contributed by atoms with E-state index in [9.17, 15) is 0 Å². The monoisotopic (exact) mass is 640 g/mol. The van der Waals surface area contributed by atoms with Gasteiger partial charge >= 0.3 is 0 Å². The molecule has 6 nitrogen and oxygen atoms in total. The molecule has 0 atom stereocenters. The fraction of sp³-hybridized carbons (Fsp3) is 0. The number of nitrogens with zero attached hydrogens (tertiary/aromatic N) is 6. The number of benzene rings is 6. The quantitative estimate of drug-likeness (QED) is 0.188. The lowest BCUT2D eigenvalue weighted by Gasteiger charge is -2.11. The summed E-state index contributed by atoms with van der Waals surface area (Å²) in [6.45, 7) is 0. The molecule has 0 aliphatic heterocycles. The van der Waals surface area contributed by atoms with Gasteiger partial charge in [-0.05, 0) is 59.7 Å². The third-order valence-electron chi connectivity index (χ3n) is 9.43. The molecule has 0 spiro atoms. The summed E-state index contributed by atoms with van der Waals surface area (Å²) >= 11 is 0. The molecule has 0 unspecified atom stereocenters. The number of fused-ring (bicyclic) bond motifs is 6. The third-order valence-corrected chi connectivity index (χ3v) is 9.43. The standard InChI is InChI=1S/C44H28N6/c1-4-14-29(15-5-1)42-46-43(30-16-6-2-7-17-30)48-44(47-42)50-36-22-11-10-20-34(36)40-33(21-12-23-37(40)50)31-25-26-35-39(28-31)49(32-18-8-3-9-19-32)38-24-13-27-45-41(35)38/h1-28H. The summed E-state index contributed by atoms with van der Waals surface area (Å²) in [6, 6.07) is 56.6. The Labute approximate surface area is 287 Å². The van der Waals surface area contributed by atoms with Gasteiger partial charge < -0.3 is 4.57 Å². The maximum atomic E-state index is 5.12. The van der Waals surface area contributed by atoms with Gasteiger partial charge in [0.25, 0.3) is 0 Å². The minimum absolute atomic E-state index is 0.576. The van der Waals surface area contributed by atoms with E-state index in [4.69, 9.17) is 19.9 Å². The van der Waals surface area contributed by atoms with Crippen LogP contribution in [0.5, 0.6) is 0 Å². The molecule has 0 aliphatic rings. The molecule has 10 rings (SSSR count). The van der Waals surface area contributed by atoms with Gasteiger partial charge in [0, 0.05) is 39.2 Å². The van der Waals surface area contributed by atoms with E-state index in [1.54, 1.807) is 0 Å². The van der Waals surface area contributed by atoms with Crippen LogP contribution in [-0.2, 0) is 0 Å². The lowest BCUT2D eigenvalue weighted by Crippen LogP contribution is -2.06. The molecular formula is C44H28N6. The van der Waals surface area contributed by atoms with E-state index >= 15 is 0 Å². The van der Waals surface area contributed by atoms with Crippen molar-refractivity contribution in [2.24, 2.45) is 0 Å². The first-order valence-corrected chi connectivity index (χ1v) is 16.7. The molecule has 0 amide bonds. The molecular weight excluding hydrogens is 613 g/mol. The second-order valence-electron chi connectivity index (χ2n) is 12.3. The Morgan fingerprint density at radius 3 is 1.78 bits per heavy atom. The topological polar surface area (TPSA) is 61.4 Å². The molecule has 0 bridgehead atoms. The lowest BCUT2D eigenvalue weighted by molar-refractivity contribution is 0.953. The highest BCUT2D eigenvalue weighted by molar-refractivity contribution is 6.16. The van der Waals surface area contributed by atoms with Gasteiger partial charge in [0.2, 0.25) is 5.95 Å². The Hall–Kier alpha value is -6.92. The van der Waals surface area contributed by atoms with Crippen LogP contribution in [0.25, 0.3) is 89.3 Å². The van der Waals surface area contributed by atoms with E-state index in [1.165, 1.54) is 0 Å². The fourth-order valence-electron chi connectivity index (χ4n) is 7.23. The summed E-state index contributed by atoms with van der Waals surface area (Å²) in [6.07, 6.45) is 1.87. The van der Waals surface area contributed by atoms with Crippen LogP contribution in [0, 0.1) is 0 Å². The second-order valence-corrected chi connectivity index (χ2v) is 12.3. The molecule has 6 aromatic carbocycles. The average Bonchev–Trinajstić information content (AvgIpc) is 3.71. The molecule has 10 aromatic rings. The summed E-state index contributed by atoms with van der Waals surface area (Å²) in [5, 5.41) is 3.40. The molecule has 0 aliphatic carbocycles. The van der Waals surface area contributed by atoms with Crippen molar-refractivity contribution in [2.45, 2.75) is 0 Å². The predicted molar refractivity (Wildman–Crippen MR) is 203 cm³/mol. The van der Waals surface area contributed by atoms with Gasteiger partial charge in [-0.1, -0.05) is 115 Å². The van der Waals surface area contributed by atoms with Gasteiger partial charge in [0.15, 0.2) is 11.6 Å². The zero-order valence-electron chi connectivity index (χ0n) is 26.8.